The molecule has 4 aromatic heterocycles. The van der Waals surface area contributed by atoms with Crippen LogP contribution in [0, 0.1) is 0 Å². The van der Waals surface area contributed by atoms with Crippen LogP contribution in [0.3, 0.4) is 0 Å². The molecule has 0 aromatic carbocycles. The Labute approximate surface area is 195 Å². The van der Waals surface area contributed by atoms with Gasteiger partial charge in [0.05, 0.1) is 16.6 Å². The van der Waals surface area contributed by atoms with Crippen molar-refractivity contribution in [1.82, 2.24) is 20.4 Å². The fraction of sp³-hybridized carbons (Fsp3) is 0.273. The number of hydrazine groups is 1. The number of nitrogens with zero attached hydrogens (tertiary/aromatic N) is 2. The van der Waals surface area contributed by atoms with E-state index >= 15 is 0 Å². The highest BCUT2D eigenvalue weighted by Crippen LogP contribution is 2.33. The summed E-state index contributed by atoms with van der Waals surface area (Å²) in [4.78, 5) is 45.7. The van der Waals surface area contributed by atoms with Gasteiger partial charge in [-0.2, -0.15) is 0 Å². The highest BCUT2D eigenvalue weighted by Gasteiger charge is 2.18. The van der Waals surface area contributed by atoms with Crippen LogP contribution >= 0.6 is 34.0 Å². The maximum Gasteiger partial charge on any atom is 0.279 e. The molecule has 32 heavy (non-hydrogen) atoms. The second-order valence-electron chi connectivity index (χ2n) is 7.61. The third-order valence-electron chi connectivity index (χ3n) is 5.45. The molecule has 1 aliphatic rings. The Morgan fingerprint density at radius 3 is 2.84 bits per heavy atom. The Morgan fingerprint density at radius 1 is 1.12 bits per heavy atom. The minimum Gasteiger partial charge on any atom is -0.289 e. The minimum absolute atomic E-state index is 0.233. The van der Waals surface area contributed by atoms with Crippen molar-refractivity contribution in [2.24, 2.45) is 0 Å². The highest BCUT2D eigenvalue weighted by molar-refractivity contribution is 7.18. The van der Waals surface area contributed by atoms with Gasteiger partial charge in [0.1, 0.15) is 11.4 Å². The second-order valence-corrected chi connectivity index (χ2v) is 10.5. The lowest BCUT2D eigenvalue weighted by Gasteiger charge is -2.08. The summed E-state index contributed by atoms with van der Waals surface area (Å²) in [6, 6.07) is 5.81. The van der Waals surface area contributed by atoms with Gasteiger partial charge in [0.2, 0.25) is 0 Å². The number of aryl methyl sites for hydroxylation is 2. The Bertz CT molecular complexity index is 1330. The van der Waals surface area contributed by atoms with Crippen molar-refractivity contribution in [3.05, 3.63) is 61.0 Å². The molecule has 0 aliphatic heterocycles. The van der Waals surface area contributed by atoms with E-state index in [1.54, 1.807) is 11.3 Å². The summed E-state index contributed by atoms with van der Waals surface area (Å²) in [6.45, 7) is -0.233. The molecule has 5 rings (SSSR count). The summed E-state index contributed by atoms with van der Waals surface area (Å²) in [5.74, 6) is -0.831. The molecule has 10 heteroatoms. The van der Waals surface area contributed by atoms with Gasteiger partial charge in [0.15, 0.2) is 0 Å². The van der Waals surface area contributed by atoms with Gasteiger partial charge in [0, 0.05) is 20.7 Å². The number of hydrogen-bond acceptors (Lipinski definition) is 7. The number of thiophene rings is 3. The lowest BCUT2D eigenvalue weighted by Crippen LogP contribution is -2.44. The van der Waals surface area contributed by atoms with Crippen LogP contribution in [0.15, 0.2) is 40.1 Å². The molecule has 0 unspecified atom stereocenters. The molecule has 4 heterocycles. The van der Waals surface area contributed by atoms with Crippen molar-refractivity contribution in [1.29, 1.82) is 0 Å². The van der Waals surface area contributed by atoms with Crippen LogP contribution in [-0.2, 0) is 24.2 Å². The van der Waals surface area contributed by atoms with Gasteiger partial charge >= 0.3 is 0 Å². The molecule has 0 spiro atoms. The van der Waals surface area contributed by atoms with Crippen LogP contribution in [-0.4, -0.2) is 21.4 Å². The molecular formula is C22H20N4O3S3. The van der Waals surface area contributed by atoms with E-state index < -0.39 is 5.91 Å². The fourth-order valence-corrected chi connectivity index (χ4v) is 6.72. The topological polar surface area (TPSA) is 93.1 Å². The number of fused-ring (bicyclic) bond motifs is 2. The first-order chi connectivity index (χ1) is 15.6. The van der Waals surface area contributed by atoms with Crippen molar-refractivity contribution >= 4 is 56.0 Å². The lowest BCUT2D eigenvalue weighted by molar-refractivity contribution is -0.122. The molecular weight excluding hydrogens is 464 g/mol. The molecule has 164 valence electrons. The van der Waals surface area contributed by atoms with Crippen molar-refractivity contribution in [3.63, 3.8) is 0 Å². The summed E-state index contributed by atoms with van der Waals surface area (Å²) in [5, 5.41) is 4.38. The number of hydrogen-bond donors (Lipinski definition) is 2. The Hall–Kier alpha value is -2.82. The quantitative estimate of drug-likeness (QED) is 0.339. The lowest BCUT2D eigenvalue weighted by atomic mass is 10.1. The molecule has 7 nitrogen and oxygen atoms in total. The monoisotopic (exact) mass is 484 g/mol. The molecule has 0 saturated carbocycles. The predicted molar refractivity (Wildman–Crippen MR) is 128 cm³/mol. The van der Waals surface area contributed by atoms with Crippen LogP contribution in [0.4, 0.5) is 0 Å². The summed E-state index contributed by atoms with van der Waals surface area (Å²) in [6.07, 6.45) is 6.90. The zero-order valence-corrected chi connectivity index (χ0v) is 19.5. The van der Waals surface area contributed by atoms with Gasteiger partial charge in [-0.1, -0.05) is 12.5 Å². The van der Waals surface area contributed by atoms with Gasteiger partial charge in [0.25, 0.3) is 17.4 Å². The van der Waals surface area contributed by atoms with E-state index in [9.17, 15) is 14.4 Å². The van der Waals surface area contributed by atoms with Gasteiger partial charge in [-0.05, 0) is 48.8 Å². The van der Waals surface area contributed by atoms with Crippen LogP contribution in [0.2, 0.25) is 0 Å². The van der Waals surface area contributed by atoms with Gasteiger partial charge < -0.3 is 0 Å². The average molecular weight is 485 g/mol. The van der Waals surface area contributed by atoms with Gasteiger partial charge in [-0.15, -0.1) is 34.0 Å². The summed E-state index contributed by atoms with van der Waals surface area (Å²) < 4.78 is 1.26. The smallest absolute Gasteiger partial charge is 0.279 e. The van der Waals surface area contributed by atoms with E-state index in [1.165, 1.54) is 50.4 Å². The first-order valence-electron chi connectivity index (χ1n) is 10.3. The largest absolute Gasteiger partial charge is 0.289 e. The molecule has 0 fully saturated rings. The fourth-order valence-electron chi connectivity index (χ4n) is 3.86. The Morgan fingerprint density at radius 2 is 2.00 bits per heavy atom. The first kappa shape index (κ1) is 21.0. The Kier molecular flexibility index (Phi) is 5.90. The minimum atomic E-state index is -0.493. The molecule has 0 radical (unpaired) electrons. The van der Waals surface area contributed by atoms with Gasteiger partial charge in [-0.3, -0.25) is 29.8 Å². The van der Waals surface area contributed by atoms with E-state index in [0.29, 0.717) is 15.1 Å². The van der Waals surface area contributed by atoms with Crippen molar-refractivity contribution in [2.45, 2.75) is 38.6 Å². The normalized spacial score (nSPS) is 13.5. The van der Waals surface area contributed by atoms with E-state index in [4.69, 9.17) is 0 Å². The number of amides is 2. The van der Waals surface area contributed by atoms with Gasteiger partial charge in [-0.25, -0.2) is 4.98 Å². The van der Waals surface area contributed by atoms with E-state index in [0.717, 1.165) is 36.1 Å². The average Bonchev–Trinajstić information content (AvgIpc) is 3.52. The number of carbonyl (C=O) groups excluding carboxylic acids is 2. The first-order valence-corrected chi connectivity index (χ1v) is 12.9. The van der Waals surface area contributed by atoms with Crippen LogP contribution in [0.1, 0.15) is 39.4 Å². The second kappa shape index (κ2) is 8.97. The third-order valence-corrected chi connectivity index (χ3v) is 8.47. The molecule has 2 amide bonds. The molecule has 0 saturated heterocycles. The zero-order chi connectivity index (χ0) is 22.1. The predicted octanol–water partition coefficient (Wildman–Crippen LogP) is 3.98. The number of carbonyl (C=O) groups is 2. The van der Waals surface area contributed by atoms with E-state index in [-0.39, 0.29) is 18.0 Å². The maximum absolute atomic E-state index is 13.0. The van der Waals surface area contributed by atoms with Crippen LogP contribution in [0.5, 0.6) is 0 Å². The van der Waals surface area contributed by atoms with E-state index in [2.05, 4.69) is 15.8 Å². The van der Waals surface area contributed by atoms with Crippen molar-refractivity contribution in [3.8, 4) is 10.4 Å². The molecule has 0 bridgehead atoms. The Balaban J connectivity index is 1.27. The number of nitrogens with one attached hydrogen (secondary N) is 2. The van der Waals surface area contributed by atoms with E-state index in [1.807, 2.05) is 29.0 Å². The summed E-state index contributed by atoms with van der Waals surface area (Å²) >= 11 is 4.44. The molecule has 2 N–H and O–H groups in total. The third kappa shape index (κ3) is 4.13. The van der Waals surface area contributed by atoms with Crippen molar-refractivity contribution in [2.75, 3.05) is 0 Å². The van der Waals surface area contributed by atoms with Crippen LogP contribution in [0.25, 0.3) is 20.7 Å². The summed E-state index contributed by atoms with van der Waals surface area (Å²) in [7, 11) is 0. The standard InChI is InChI=1S/C22H20N4O3S3/c27-18(24-25-20(28)17-9-13-5-2-1-3-6-15(13)32-17)10-26-12-23-21-19(22(26)29)14(11-31-21)16-7-4-8-30-16/h4,7-9,11-12H,1-3,5-6,10H2,(H,24,27)(H,25,28). The SMILES string of the molecule is O=C(Cn1cnc2scc(-c3cccs3)c2c1=O)NNC(=O)c1cc2c(s1)CCCCC2. The maximum atomic E-state index is 13.0. The van der Waals surface area contributed by atoms with Crippen molar-refractivity contribution < 1.29 is 9.59 Å². The number of rotatable bonds is 4. The zero-order valence-electron chi connectivity index (χ0n) is 17.1. The molecule has 0 atom stereocenters. The molecule has 4 aromatic rings. The highest BCUT2D eigenvalue weighted by atomic mass is 32.1. The molecule has 1 aliphatic carbocycles. The van der Waals surface area contributed by atoms with Crippen LogP contribution < -0.4 is 16.4 Å². The summed E-state index contributed by atoms with van der Waals surface area (Å²) in [5.41, 5.74) is 6.69. The number of aromatic nitrogens is 2.